The highest BCUT2D eigenvalue weighted by molar-refractivity contribution is 6.05. The number of benzene rings is 2. The van der Waals surface area contributed by atoms with Crippen LogP contribution in [0.1, 0.15) is 23.6 Å². The molecule has 0 aliphatic carbocycles. The van der Waals surface area contributed by atoms with Crippen molar-refractivity contribution in [1.29, 1.82) is 5.26 Å². The van der Waals surface area contributed by atoms with Crippen molar-refractivity contribution in [3.63, 3.8) is 0 Å². The van der Waals surface area contributed by atoms with Crippen LogP contribution in [0.15, 0.2) is 72.8 Å². The van der Waals surface area contributed by atoms with Gasteiger partial charge in [0.15, 0.2) is 5.78 Å². The van der Waals surface area contributed by atoms with E-state index in [-0.39, 0.29) is 18.2 Å². The zero-order valence-electron chi connectivity index (χ0n) is 14.0. The Hall–Kier alpha value is -3.45. The Morgan fingerprint density at radius 2 is 1.80 bits per heavy atom. The van der Waals surface area contributed by atoms with Gasteiger partial charge in [-0.3, -0.25) is 9.59 Å². The van der Waals surface area contributed by atoms with Gasteiger partial charge in [-0.25, -0.2) is 0 Å². The summed E-state index contributed by atoms with van der Waals surface area (Å²) >= 11 is 0. The average Bonchev–Trinajstić information content (AvgIpc) is 2.65. The number of nitrogens with one attached hydrogen (secondary N) is 1. The van der Waals surface area contributed by atoms with E-state index in [2.05, 4.69) is 18.0 Å². The summed E-state index contributed by atoms with van der Waals surface area (Å²) in [6.07, 6.45) is 1.16. The second kappa shape index (κ2) is 8.42. The van der Waals surface area contributed by atoms with E-state index in [0.717, 1.165) is 17.2 Å². The molecule has 0 heterocycles. The van der Waals surface area contributed by atoms with E-state index >= 15 is 0 Å². The molecule has 0 unspecified atom stereocenters. The van der Waals surface area contributed by atoms with Gasteiger partial charge in [-0.1, -0.05) is 49.0 Å². The van der Waals surface area contributed by atoms with Gasteiger partial charge >= 0.3 is 0 Å². The maximum Gasteiger partial charge on any atom is 0.243 e. The number of nitrogens with zero attached hydrogens (tertiary/aromatic N) is 1. The van der Waals surface area contributed by atoms with Gasteiger partial charge in [-0.15, -0.1) is 0 Å². The van der Waals surface area contributed by atoms with Crippen molar-refractivity contribution >= 4 is 17.3 Å². The lowest BCUT2D eigenvalue weighted by molar-refractivity contribution is -0.116. The number of carbonyl (C=O) groups is 2. The maximum absolute atomic E-state index is 12.3. The fourth-order valence-corrected chi connectivity index (χ4v) is 2.50. The lowest BCUT2D eigenvalue weighted by Gasteiger charge is -2.15. The quantitative estimate of drug-likeness (QED) is 0.827. The number of carbonyl (C=O) groups excluding carboxylic acids is 2. The molecule has 0 spiro atoms. The van der Waals surface area contributed by atoms with Crippen molar-refractivity contribution in [3.8, 4) is 6.07 Å². The van der Waals surface area contributed by atoms with E-state index in [1.54, 1.807) is 18.2 Å². The summed E-state index contributed by atoms with van der Waals surface area (Å²) in [5.74, 6) is -0.498. The van der Waals surface area contributed by atoms with Crippen LogP contribution in [-0.2, 0) is 9.59 Å². The van der Waals surface area contributed by atoms with Gasteiger partial charge in [0.25, 0.3) is 0 Å². The van der Waals surface area contributed by atoms with Crippen molar-refractivity contribution in [3.05, 3.63) is 89.5 Å². The second-order valence-electron chi connectivity index (χ2n) is 5.39. The Balaban J connectivity index is 2.66. The normalized spacial score (nSPS) is 11.0. The molecule has 1 amide bonds. The minimum atomic E-state index is -0.350. The van der Waals surface area contributed by atoms with Gasteiger partial charge in [0.1, 0.15) is 0 Å². The molecule has 0 aliphatic heterocycles. The van der Waals surface area contributed by atoms with Gasteiger partial charge in [0, 0.05) is 12.1 Å². The molecular weight excluding hydrogens is 312 g/mol. The van der Waals surface area contributed by atoms with Crippen LogP contribution >= 0.6 is 0 Å². The molecule has 0 bridgehead atoms. The third-order valence-electron chi connectivity index (χ3n) is 3.69. The summed E-state index contributed by atoms with van der Waals surface area (Å²) in [6, 6.07) is 18.6. The number of amides is 1. The first-order valence-electron chi connectivity index (χ1n) is 7.77. The van der Waals surface area contributed by atoms with E-state index in [1.807, 2.05) is 36.4 Å². The van der Waals surface area contributed by atoms with Crippen LogP contribution in [0.3, 0.4) is 0 Å². The van der Waals surface area contributed by atoms with Crippen LogP contribution in [0.5, 0.6) is 0 Å². The molecular formula is C21H18N2O2. The molecule has 4 nitrogen and oxygen atoms in total. The summed E-state index contributed by atoms with van der Waals surface area (Å²) < 4.78 is 0. The third-order valence-corrected chi connectivity index (χ3v) is 3.69. The third kappa shape index (κ3) is 4.52. The number of ketones is 1. The number of Topliss-reactive ketones (excluding diaryl/α,β-unsaturated/α-hetero) is 1. The summed E-state index contributed by atoms with van der Waals surface area (Å²) in [4.78, 5) is 23.8. The second-order valence-corrected chi connectivity index (χ2v) is 5.39. The minimum Gasteiger partial charge on any atom is -0.348 e. The molecule has 0 aromatic heterocycles. The van der Waals surface area contributed by atoms with Gasteiger partial charge in [-0.2, -0.15) is 5.26 Å². The predicted octanol–water partition coefficient (Wildman–Crippen LogP) is 3.25. The monoisotopic (exact) mass is 330 g/mol. The van der Waals surface area contributed by atoms with Crippen molar-refractivity contribution in [1.82, 2.24) is 5.32 Å². The first-order chi connectivity index (χ1) is 12.1. The zero-order chi connectivity index (χ0) is 18.2. The molecule has 0 aliphatic rings. The highest BCUT2D eigenvalue weighted by Gasteiger charge is 2.16. The molecule has 0 radical (unpaired) electrons. The van der Waals surface area contributed by atoms with E-state index < -0.39 is 0 Å². The highest BCUT2D eigenvalue weighted by Crippen LogP contribution is 2.28. The Morgan fingerprint density at radius 3 is 2.40 bits per heavy atom. The fourth-order valence-electron chi connectivity index (χ4n) is 2.50. The summed E-state index contributed by atoms with van der Waals surface area (Å²) in [5.41, 5.74) is 3.27. The SMILES string of the molecule is C=CC(=O)NC/C(C(C)=O)=C(/c1ccccc1)c1cccc(C#N)c1. The topological polar surface area (TPSA) is 70.0 Å². The summed E-state index contributed by atoms with van der Waals surface area (Å²) in [5, 5.41) is 11.8. The lowest BCUT2D eigenvalue weighted by Crippen LogP contribution is -2.26. The van der Waals surface area contributed by atoms with Crippen LogP contribution < -0.4 is 5.32 Å². The molecule has 0 atom stereocenters. The predicted molar refractivity (Wildman–Crippen MR) is 97.5 cm³/mol. The number of rotatable bonds is 6. The zero-order valence-corrected chi connectivity index (χ0v) is 14.0. The Labute approximate surface area is 147 Å². The Bertz CT molecular complexity index is 874. The van der Waals surface area contributed by atoms with Crippen molar-refractivity contribution in [2.45, 2.75) is 6.92 Å². The minimum absolute atomic E-state index is 0.0845. The van der Waals surface area contributed by atoms with E-state index in [9.17, 15) is 9.59 Å². The molecule has 4 heteroatoms. The highest BCUT2D eigenvalue weighted by atomic mass is 16.1. The van der Waals surface area contributed by atoms with E-state index in [1.165, 1.54) is 6.92 Å². The van der Waals surface area contributed by atoms with E-state index in [0.29, 0.717) is 16.7 Å². The molecule has 124 valence electrons. The van der Waals surface area contributed by atoms with Crippen molar-refractivity contribution < 1.29 is 9.59 Å². The van der Waals surface area contributed by atoms with Gasteiger partial charge in [0.2, 0.25) is 5.91 Å². The molecule has 2 aromatic rings. The number of hydrogen-bond acceptors (Lipinski definition) is 3. The smallest absolute Gasteiger partial charge is 0.243 e. The van der Waals surface area contributed by atoms with Gasteiger partial charge < -0.3 is 5.32 Å². The molecule has 25 heavy (non-hydrogen) atoms. The van der Waals surface area contributed by atoms with Crippen LogP contribution in [0.25, 0.3) is 5.57 Å². The van der Waals surface area contributed by atoms with Crippen LogP contribution in [0.2, 0.25) is 0 Å². The largest absolute Gasteiger partial charge is 0.348 e. The molecule has 2 aromatic carbocycles. The molecule has 0 saturated heterocycles. The van der Waals surface area contributed by atoms with Crippen LogP contribution in [0.4, 0.5) is 0 Å². The Morgan fingerprint density at radius 1 is 1.12 bits per heavy atom. The first kappa shape index (κ1) is 17.9. The molecule has 0 fully saturated rings. The number of nitriles is 1. The summed E-state index contributed by atoms with van der Waals surface area (Å²) in [6.45, 7) is 4.97. The van der Waals surface area contributed by atoms with Crippen LogP contribution in [-0.4, -0.2) is 18.2 Å². The molecule has 0 saturated carbocycles. The van der Waals surface area contributed by atoms with Crippen molar-refractivity contribution in [2.75, 3.05) is 6.54 Å². The molecule has 1 N–H and O–H groups in total. The maximum atomic E-state index is 12.3. The van der Waals surface area contributed by atoms with Gasteiger partial charge in [-0.05, 0) is 41.8 Å². The van der Waals surface area contributed by atoms with Crippen LogP contribution in [0, 0.1) is 11.3 Å². The van der Waals surface area contributed by atoms with Gasteiger partial charge in [0.05, 0.1) is 11.6 Å². The summed E-state index contributed by atoms with van der Waals surface area (Å²) in [7, 11) is 0. The average molecular weight is 330 g/mol. The number of hydrogen-bond donors (Lipinski definition) is 1. The fraction of sp³-hybridized carbons (Fsp3) is 0.0952. The molecule has 2 rings (SSSR count). The first-order valence-corrected chi connectivity index (χ1v) is 7.77. The van der Waals surface area contributed by atoms with E-state index in [4.69, 9.17) is 5.26 Å². The Kier molecular flexibility index (Phi) is 6.02. The standard InChI is InChI=1S/C21H18N2O2/c1-3-20(25)23-14-19(15(2)24)21(17-9-5-4-6-10-17)18-11-7-8-16(12-18)13-22/h3-12H,1,14H2,2H3,(H,23,25)/b21-19+. The van der Waals surface area contributed by atoms with Crippen molar-refractivity contribution in [2.24, 2.45) is 0 Å². The lowest BCUT2D eigenvalue weighted by atomic mass is 9.90.